The highest BCUT2D eigenvalue weighted by Crippen LogP contribution is 2.49. The molecule has 1 aromatic carbocycles. The molecule has 0 bridgehead atoms. The average Bonchev–Trinajstić information content (AvgIpc) is 2.68. The monoisotopic (exact) mass is 218 g/mol. The number of hydrogen-bond acceptors (Lipinski definition) is 3. The maximum atomic E-state index is 11.7. The summed E-state index contributed by atoms with van der Waals surface area (Å²) in [5.41, 5.74) is 1.29. The van der Waals surface area contributed by atoms with Crippen molar-refractivity contribution in [3.8, 4) is 0 Å². The van der Waals surface area contributed by atoms with Gasteiger partial charge in [0.05, 0.1) is 11.2 Å². The van der Waals surface area contributed by atoms with Crippen LogP contribution in [-0.2, 0) is 15.3 Å². The second kappa shape index (κ2) is 2.86. The van der Waals surface area contributed by atoms with Gasteiger partial charge in [-0.05, 0) is 26.3 Å². The van der Waals surface area contributed by atoms with Gasteiger partial charge in [0.1, 0.15) is 0 Å². The zero-order chi connectivity index (χ0) is 11.4. The highest BCUT2D eigenvalue weighted by molar-refractivity contribution is 5.94. The van der Waals surface area contributed by atoms with Crippen molar-refractivity contribution < 1.29 is 14.3 Å². The molecular weight excluding hydrogens is 204 g/mol. The summed E-state index contributed by atoms with van der Waals surface area (Å²) in [5, 5.41) is 0. The first kappa shape index (κ1) is 9.85. The standard InChI is InChI=1S/C13H14O3/c1-12(2)7-8-13(16-12)10-6-4-3-5-9(10)11(14)15-13/h3-6H,7-8H2,1-2H3. The van der Waals surface area contributed by atoms with E-state index in [1.165, 1.54) is 0 Å². The van der Waals surface area contributed by atoms with Crippen molar-refractivity contribution in [1.82, 2.24) is 0 Å². The van der Waals surface area contributed by atoms with Crippen molar-refractivity contribution in [2.75, 3.05) is 0 Å². The second-order valence-corrected chi connectivity index (χ2v) is 5.05. The number of carbonyl (C=O) groups excluding carboxylic acids is 1. The van der Waals surface area contributed by atoms with Gasteiger partial charge in [0.15, 0.2) is 0 Å². The summed E-state index contributed by atoms with van der Waals surface area (Å²) in [6.07, 6.45) is 1.64. The molecule has 0 aromatic heterocycles. The van der Waals surface area contributed by atoms with Gasteiger partial charge in [-0.25, -0.2) is 4.79 Å². The van der Waals surface area contributed by atoms with Crippen LogP contribution in [0.4, 0.5) is 0 Å². The molecule has 0 aliphatic carbocycles. The quantitative estimate of drug-likeness (QED) is 0.628. The Labute approximate surface area is 94.4 Å². The van der Waals surface area contributed by atoms with Crippen LogP contribution >= 0.6 is 0 Å². The molecule has 1 fully saturated rings. The van der Waals surface area contributed by atoms with E-state index < -0.39 is 5.79 Å². The molecule has 0 radical (unpaired) electrons. The van der Waals surface area contributed by atoms with E-state index in [0.717, 1.165) is 18.4 Å². The number of fused-ring (bicyclic) bond motifs is 2. The Morgan fingerprint density at radius 1 is 1.19 bits per heavy atom. The zero-order valence-electron chi connectivity index (χ0n) is 9.45. The first-order valence-electron chi connectivity index (χ1n) is 5.56. The number of carbonyl (C=O) groups is 1. The summed E-state index contributed by atoms with van der Waals surface area (Å²) in [4.78, 5) is 11.7. The van der Waals surface area contributed by atoms with E-state index in [0.29, 0.717) is 5.56 Å². The molecule has 1 saturated heterocycles. The van der Waals surface area contributed by atoms with E-state index in [1.54, 1.807) is 6.07 Å². The summed E-state index contributed by atoms with van der Waals surface area (Å²) < 4.78 is 11.4. The van der Waals surface area contributed by atoms with Gasteiger partial charge in [0, 0.05) is 12.0 Å². The third kappa shape index (κ3) is 1.21. The van der Waals surface area contributed by atoms with E-state index in [2.05, 4.69) is 0 Å². The molecule has 0 saturated carbocycles. The van der Waals surface area contributed by atoms with Crippen LogP contribution in [0.3, 0.4) is 0 Å². The first-order valence-corrected chi connectivity index (χ1v) is 5.56. The minimum absolute atomic E-state index is 0.224. The maximum absolute atomic E-state index is 11.7. The third-order valence-electron chi connectivity index (χ3n) is 3.31. The van der Waals surface area contributed by atoms with Crippen LogP contribution in [0.2, 0.25) is 0 Å². The van der Waals surface area contributed by atoms with Crippen LogP contribution in [0.15, 0.2) is 24.3 Å². The lowest BCUT2D eigenvalue weighted by Gasteiger charge is -2.26. The predicted octanol–water partition coefficient (Wildman–Crippen LogP) is 2.60. The van der Waals surface area contributed by atoms with Crippen LogP contribution in [0.5, 0.6) is 0 Å². The van der Waals surface area contributed by atoms with Crippen LogP contribution in [0.25, 0.3) is 0 Å². The number of rotatable bonds is 0. The molecule has 3 rings (SSSR count). The fourth-order valence-electron chi connectivity index (χ4n) is 2.53. The molecule has 84 valence electrons. The molecule has 1 aromatic rings. The Morgan fingerprint density at radius 3 is 2.62 bits per heavy atom. The van der Waals surface area contributed by atoms with Crippen molar-refractivity contribution in [2.45, 2.75) is 38.1 Å². The molecule has 0 N–H and O–H groups in total. The van der Waals surface area contributed by atoms with Gasteiger partial charge in [0.25, 0.3) is 0 Å². The summed E-state index contributed by atoms with van der Waals surface area (Å²) in [7, 11) is 0. The normalized spacial score (nSPS) is 30.5. The summed E-state index contributed by atoms with van der Waals surface area (Å²) >= 11 is 0. The van der Waals surface area contributed by atoms with Crippen LogP contribution < -0.4 is 0 Å². The maximum Gasteiger partial charge on any atom is 0.341 e. The number of esters is 1. The summed E-state index contributed by atoms with van der Waals surface area (Å²) in [6.45, 7) is 4.05. The van der Waals surface area contributed by atoms with Gasteiger partial charge >= 0.3 is 5.97 Å². The first-order chi connectivity index (χ1) is 7.53. The molecule has 2 aliphatic heterocycles. The SMILES string of the molecule is CC1(C)CCC2(OC(=O)c3ccccc32)O1. The van der Waals surface area contributed by atoms with Gasteiger partial charge in [-0.15, -0.1) is 0 Å². The van der Waals surface area contributed by atoms with Gasteiger partial charge in [-0.3, -0.25) is 0 Å². The Hall–Kier alpha value is -1.35. The molecule has 3 heteroatoms. The van der Waals surface area contributed by atoms with Gasteiger partial charge in [-0.1, -0.05) is 18.2 Å². The number of ether oxygens (including phenoxy) is 2. The van der Waals surface area contributed by atoms with Crippen molar-refractivity contribution >= 4 is 5.97 Å². The molecule has 2 aliphatic rings. The molecule has 1 atom stereocenters. The molecule has 1 spiro atoms. The van der Waals surface area contributed by atoms with Crippen molar-refractivity contribution in [3.63, 3.8) is 0 Å². The lowest BCUT2D eigenvalue weighted by Crippen LogP contribution is -2.29. The van der Waals surface area contributed by atoms with Gasteiger partial charge < -0.3 is 9.47 Å². The van der Waals surface area contributed by atoms with Gasteiger partial charge in [-0.2, -0.15) is 0 Å². The molecule has 3 nitrogen and oxygen atoms in total. The molecule has 2 heterocycles. The molecule has 16 heavy (non-hydrogen) atoms. The average molecular weight is 218 g/mol. The van der Waals surface area contributed by atoms with Crippen LogP contribution in [0, 0.1) is 0 Å². The topological polar surface area (TPSA) is 35.5 Å². The highest BCUT2D eigenvalue weighted by atomic mass is 16.7. The predicted molar refractivity (Wildman–Crippen MR) is 57.9 cm³/mol. The fraction of sp³-hybridized carbons (Fsp3) is 0.462. The van der Waals surface area contributed by atoms with E-state index in [1.807, 2.05) is 32.0 Å². The largest absolute Gasteiger partial charge is 0.425 e. The van der Waals surface area contributed by atoms with E-state index in [9.17, 15) is 4.79 Å². The van der Waals surface area contributed by atoms with Crippen molar-refractivity contribution in [1.29, 1.82) is 0 Å². The van der Waals surface area contributed by atoms with E-state index in [4.69, 9.17) is 9.47 Å². The molecule has 0 amide bonds. The van der Waals surface area contributed by atoms with Gasteiger partial charge in [0.2, 0.25) is 5.79 Å². The lowest BCUT2D eigenvalue weighted by molar-refractivity contribution is -0.214. The zero-order valence-corrected chi connectivity index (χ0v) is 9.45. The summed E-state index contributed by atoms with van der Waals surface area (Å²) in [6, 6.07) is 7.47. The van der Waals surface area contributed by atoms with E-state index in [-0.39, 0.29) is 11.6 Å². The second-order valence-electron chi connectivity index (χ2n) is 5.05. The minimum Gasteiger partial charge on any atom is -0.425 e. The third-order valence-corrected chi connectivity index (χ3v) is 3.31. The lowest BCUT2D eigenvalue weighted by atomic mass is 9.98. The van der Waals surface area contributed by atoms with Crippen molar-refractivity contribution in [2.24, 2.45) is 0 Å². The number of hydrogen-bond donors (Lipinski definition) is 0. The molecule has 1 unspecified atom stereocenters. The molecular formula is C13H14O3. The van der Waals surface area contributed by atoms with Crippen LogP contribution in [-0.4, -0.2) is 11.6 Å². The fourth-order valence-corrected chi connectivity index (χ4v) is 2.53. The Morgan fingerprint density at radius 2 is 1.94 bits per heavy atom. The Balaban J connectivity index is 2.10. The smallest absolute Gasteiger partial charge is 0.341 e. The number of benzene rings is 1. The van der Waals surface area contributed by atoms with E-state index >= 15 is 0 Å². The minimum atomic E-state index is -0.822. The highest BCUT2D eigenvalue weighted by Gasteiger charge is 2.54. The van der Waals surface area contributed by atoms with Crippen LogP contribution in [0.1, 0.15) is 42.6 Å². The summed E-state index contributed by atoms with van der Waals surface area (Å²) in [5.74, 6) is -1.09. The Kier molecular flexibility index (Phi) is 1.76. The van der Waals surface area contributed by atoms with Crippen molar-refractivity contribution in [3.05, 3.63) is 35.4 Å². The Bertz CT molecular complexity index is 464.